The van der Waals surface area contributed by atoms with Gasteiger partial charge in [0.05, 0.1) is 11.5 Å². The van der Waals surface area contributed by atoms with Crippen LogP contribution in [0.25, 0.3) is 0 Å². The summed E-state index contributed by atoms with van der Waals surface area (Å²) in [5.41, 5.74) is 0. The van der Waals surface area contributed by atoms with Gasteiger partial charge in [0.2, 0.25) is 0 Å². The van der Waals surface area contributed by atoms with E-state index in [-0.39, 0.29) is 11.5 Å². The maximum Gasteiger partial charge on any atom is 0.153 e. The minimum atomic E-state index is -2.87. The molecule has 0 aliphatic carbocycles. The topological polar surface area (TPSA) is 63.2 Å². The predicted molar refractivity (Wildman–Crippen MR) is 71.9 cm³/mol. The van der Waals surface area contributed by atoms with E-state index >= 15 is 0 Å². The molecule has 100 valence electrons. The smallest absolute Gasteiger partial charge is 0.153 e. The van der Waals surface area contributed by atoms with Crippen molar-refractivity contribution < 1.29 is 8.42 Å². The molecule has 0 aromatic carbocycles. The molecule has 1 aliphatic heterocycles. The minimum absolute atomic E-state index is 0.178. The Morgan fingerprint density at radius 1 is 1.33 bits per heavy atom. The zero-order valence-corrected chi connectivity index (χ0v) is 11.8. The Morgan fingerprint density at radius 2 is 2.00 bits per heavy atom. The summed E-state index contributed by atoms with van der Waals surface area (Å²) in [7, 11) is -2.87. The molecule has 1 fully saturated rings. The molecule has 0 atom stereocenters. The predicted octanol–water partition coefficient (Wildman–Crippen LogP) is 1.32. The summed E-state index contributed by atoms with van der Waals surface area (Å²) in [6.45, 7) is 3.00. The Hall–Kier alpha value is -0.880. The van der Waals surface area contributed by atoms with E-state index in [2.05, 4.69) is 16.9 Å². The average Bonchev–Trinajstić information content (AvgIpc) is 2.28. The molecule has 1 aromatic rings. The first-order valence-electron chi connectivity index (χ1n) is 5.99. The van der Waals surface area contributed by atoms with Crippen molar-refractivity contribution in [3.05, 3.63) is 17.0 Å². The van der Waals surface area contributed by atoms with Gasteiger partial charge in [-0.3, -0.25) is 0 Å². The fourth-order valence-electron chi connectivity index (χ4n) is 1.89. The van der Waals surface area contributed by atoms with E-state index in [4.69, 9.17) is 11.6 Å². The van der Waals surface area contributed by atoms with Gasteiger partial charge in [-0.15, -0.1) is 0 Å². The van der Waals surface area contributed by atoms with Gasteiger partial charge in [0, 0.05) is 25.6 Å². The summed E-state index contributed by atoms with van der Waals surface area (Å²) in [5.74, 6) is 1.80. The Kier molecular flexibility index (Phi) is 4.07. The van der Waals surface area contributed by atoms with E-state index < -0.39 is 9.84 Å². The maximum atomic E-state index is 11.4. The van der Waals surface area contributed by atoms with Crippen LogP contribution in [0.5, 0.6) is 0 Å². The Morgan fingerprint density at radius 3 is 2.61 bits per heavy atom. The highest BCUT2D eigenvalue weighted by Crippen LogP contribution is 2.19. The Balaban J connectivity index is 2.18. The van der Waals surface area contributed by atoms with Gasteiger partial charge in [-0.1, -0.05) is 18.5 Å². The van der Waals surface area contributed by atoms with E-state index in [1.54, 1.807) is 6.07 Å². The fourth-order valence-corrected chi connectivity index (χ4v) is 3.29. The SMILES string of the molecule is CCCc1nc(Cl)cc(N2CCS(=O)(=O)CC2)n1. The third-order valence-corrected chi connectivity index (χ3v) is 4.67. The second kappa shape index (κ2) is 5.40. The lowest BCUT2D eigenvalue weighted by Gasteiger charge is -2.27. The number of halogens is 1. The lowest BCUT2D eigenvalue weighted by Crippen LogP contribution is -2.40. The van der Waals surface area contributed by atoms with Crippen molar-refractivity contribution in [1.29, 1.82) is 0 Å². The van der Waals surface area contributed by atoms with Gasteiger partial charge in [-0.05, 0) is 6.42 Å². The average molecular weight is 290 g/mol. The third kappa shape index (κ3) is 3.32. The highest BCUT2D eigenvalue weighted by molar-refractivity contribution is 7.91. The molecule has 1 aromatic heterocycles. The van der Waals surface area contributed by atoms with Gasteiger partial charge < -0.3 is 4.90 Å². The van der Waals surface area contributed by atoms with Crippen LogP contribution in [0, 0.1) is 0 Å². The van der Waals surface area contributed by atoms with Crippen molar-refractivity contribution in [1.82, 2.24) is 9.97 Å². The molecule has 2 heterocycles. The number of hydrogen-bond acceptors (Lipinski definition) is 5. The van der Waals surface area contributed by atoms with Crippen LogP contribution in [0.3, 0.4) is 0 Å². The van der Waals surface area contributed by atoms with Gasteiger partial charge in [0.25, 0.3) is 0 Å². The summed E-state index contributed by atoms with van der Waals surface area (Å²) >= 11 is 5.96. The molecule has 1 aliphatic rings. The molecule has 0 bridgehead atoms. The second-order valence-corrected chi connectivity index (χ2v) is 7.04. The first-order chi connectivity index (χ1) is 8.50. The molecule has 18 heavy (non-hydrogen) atoms. The molecule has 7 heteroatoms. The highest BCUT2D eigenvalue weighted by Gasteiger charge is 2.23. The number of hydrogen-bond donors (Lipinski definition) is 0. The molecule has 0 radical (unpaired) electrons. The van der Waals surface area contributed by atoms with Crippen LogP contribution in [-0.2, 0) is 16.3 Å². The van der Waals surface area contributed by atoms with Gasteiger partial charge in [-0.25, -0.2) is 18.4 Å². The molecule has 0 saturated carbocycles. The monoisotopic (exact) mass is 289 g/mol. The van der Waals surface area contributed by atoms with E-state index in [9.17, 15) is 8.42 Å². The number of nitrogens with zero attached hydrogens (tertiary/aromatic N) is 3. The molecule has 0 unspecified atom stereocenters. The van der Waals surface area contributed by atoms with Crippen LogP contribution in [0.15, 0.2) is 6.07 Å². The minimum Gasteiger partial charge on any atom is -0.354 e. The van der Waals surface area contributed by atoms with Crippen LogP contribution in [0.1, 0.15) is 19.2 Å². The molecule has 5 nitrogen and oxygen atoms in total. The van der Waals surface area contributed by atoms with Crippen LogP contribution in [0.4, 0.5) is 5.82 Å². The lowest BCUT2D eigenvalue weighted by atomic mass is 10.3. The quantitative estimate of drug-likeness (QED) is 0.785. The van der Waals surface area contributed by atoms with Crippen LogP contribution in [-0.4, -0.2) is 43.0 Å². The Labute approximate surface area is 112 Å². The summed E-state index contributed by atoms with van der Waals surface area (Å²) in [5, 5.41) is 0.414. The summed E-state index contributed by atoms with van der Waals surface area (Å²) in [6, 6.07) is 1.69. The van der Waals surface area contributed by atoms with Crippen molar-refractivity contribution in [2.75, 3.05) is 29.5 Å². The first-order valence-corrected chi connectivity index (χ1v) is 8.19. The summed E-state index contributed by atoms with van der Waals surface area (Å²) < 4.78 is 22.8. The van der Waals surface area contributed by atoms with Crippen molar-refractivity contribution in [3.8, 4) is 0 Å². The number of aryl methyl sites for hydroxylation is 1. The molecule has 0 N–H and O–H groups in total. The van der Waals surface area contributed by atoms with Gasteiger partial charge in [-0.2, -0.15) is 0 Å². The zero-order valence-electron chi connectivity index (χ0n) is 10.3. The van der Waals surface area contributed by atoms with E-state index in [0.717, 1.165) is 18.7 Å². The van der Waals surface area contributed by atoms with E-state index in [1.807, 2.05) is 4.90 Å². The molecular weight excluding hydrogens is 274 g/mol. The van der Waals surface area contributed by atoms with Gasteiger partial charge in [0.1, 0.15) is 16.8 Å². The van der Waals surface area contributed by atoms with Crippen molar-refractivity contribution in [2.45, 2.75) is 19.8 Å². The number of anilines is 1. The number of sulfone groups is 1. The molecule has 0 amide bonds. The fraction of sp³-hybridized carbons (Fsp3) is 0.636. The highest BCUT2D eigenvalue weighted by atomic mass is 35.5. The van der Waals surface area contributed by atoms with Crippen molar-refractivity contribution in [2.24, 2.45) is 0 Å². The lowest BCUT2D eigenvalue weighted by molar-refractivity contribution is 0.586. The number of rotatable bonds is 3. The molecule has 2 rings (SSSR count). The summed E-state index contributed by atoms with van der Waals surface area (Å²) in [4.78, 5) is 10.5. The van der Waals surface area contributed by atoms with Crippen molar-refractivity contribution in [3.63, 3.8) is 0 Å². The Bertz CT molecular complexity index is 519. The number of aromatic nitrogens is 2. The van der Waals surface area contributed by atoms with E-state index in [1.165, 1.54) is 0 Å². The second-order valence-electron chi connectivity index (χ2n) is 4.35. The molecule has 1 saturated heterocycles. The standard InChI is InChI=1S/C11H16ClN3O2S/c1-2-3-10-13-9(12)8-11(14-10)15-4-6-18(16,17)7-5-15/h8H,2-7H2,1H3. The first kappa shape index (κ1) is 13.5. The van der Waals surface area contributed by atoms with Gasteiger partial charge >= 0.3 is 0 Å². The maximum absolute atomic E-state index is 11.4. The third-order valence-electron chi connectivity index (χ3n) is 2.87. The molecular formula is C11H16ClN3O2S. The van der Waals surface area contributed by atoms with Crippen LogP contribution >= 0.6 is 11.6 Å². The molecule has 0 spiro atoms. The van der Waals surface area contributed by atoms with E-state index in [0.29, 0.717) is 24.1 Å². The van der Waals surface area contributed by atoms with Crippen LogP contribution in [0.2, 0.25) is 5.15 Å². The summed E-state index contributed by atoms with van der Waals surface area (Å²) in [6.07, 6.45) is 1.73. The normalized spacial score (nSPS) is 18.9. The van der Waals surface area contributed by atoms with Crippen LogP contribution < -0.4 is 4.90 Å². The van der Waals surface area contributed by atoms with Crippen molar-refractivity contribution >= 4 is 27.3 Å². The van der Waals surface area contributed by atoms with Gasteiger partial charge in [0.15, 0.2) is 9.84 Å². The zero-order chi connectivity index (χ0) is 13.2. The largest absolute Gasteiger partial charge is 0.354 e.